The van der Waals surface area contributed by atoms with Gasteiger partial charge in [-0.15, -0.1) is 0 Å². The predicted octanol–water partition coefficient (Wildman–Crippen LogP) is 4.50. The fourth-order valence-corrected chi connectivity index (χ4v) is 4.31. The van der Waals surface area contributed by atoms with Gasteiger partial charge in [0.05, 0.1) is 27.1 Å². The maximum atomic E-state index is 12.8. The number of nitriles is 1. The minimum Gasteiger partial charge on any atom is -0.493 e. The maximum Gasteiger partial charge on any atom is 0.203 e. The lowest BCUT2D eigenvalue weighted by Gasteiger charge is -2.14. The van der Waals surface area contributed by atoms with Crippen LogP contribution in [0.1, 0.15) is 11.1 Å². The molecule has 0 aliphatic heterocycles. The summed E-state index contributed by atoms with van der Waals surface area (Å²) in [7, 11) is 0.326. The van der Waals surface area contributed by atoms with Gasteiger partial charge < -0.3 is 14.2 Å². The van der Waals surface area contributed by atoms with Crippen molar-refractivity contribution in [1.29, 1.82) is 5.26 Å². The lowest BCUT2D eigenvalue weighted by atomic mass is 10.1. The van der Waals surface area contributed by atoms with E-state index in [0.29, 0.717) is 21.9 Å². The Morgan fingerprint density at radius 1 is 1.07 bits per heavy atom. The zero-order valence-electron chi connectivity index (χ0n) is 15.3. The van der Waals surface area contributed by atoms with Gasteiger partial charge in [-0.05, 0) is 35.9 Å². The van der Waals surface area contributed by atoms with Crippen LogP contribution in [0.2, 0.25) is 10.0 Å². The topological polar surface area (TPSA) is 85.6 Å². The molecule has 0 fully saturated rings. The Morgan fingerprint density at radius 2 is 1.75 bits per heavy atom. The Balaban J connectivity index is 2.52. The van der Waals surface area contributed by atoms with E-state index in [-0.39, 0.29) is 16.5 Å². The second-order valence-electron chi connectivity index (χ2n) is 5.54. The summed E-state index contributed by atoms with van der Waals surface area (Å²) in [5.41, 5.74) is 0.689. The average molecular weight is 442 g/mol. The molecule has 28 heavy (non-hydrogen) atoms. The van der Waals surface area contributed by atoms with Crippen LogP contribution in [-0.4, -0.2) is 29.7 Å². The fraction of sp³-hybridized carbons (Fsp3) is 0.211. The van der Waals surface area contributed by atoms with Gasteiger partial charge in [0.25, 0.3) is 0 Å². The van der Waals surface area contributed by atoms with Gasteiger partial charge in [-0.3, -0.25) is 0 Å². The summed E-state index contributed by atoms with van der Waals surface area (Å²) in [6, 6.07) is 9.38. The molecule has 6 nitrogen and oxygen atoms in total. The first-order valence-corrected chi connectivity index (χ1v) is 10.3. The van der Waals surface area contributed by atoms with Crippen molar-refractivity contribution in [1.82, 2.24) is 0 Å². The van der Waals surface area contributed by atoms with Crippen molar-refractivity contribution in [3.63, 3.8) is 0 Å². The molecule has 0 spiro atoms. The van der Waals surface area contributed by atoms with Crippen molar-refractivity contribution in [3.8, 4) is 23.3 Å². The first-order valence-electron chi connectivity index (χ1n) is 7.84. The van der Waals surface area contributed by atoms with E-state index < -0.39 is 20.5 Å². The van der Waals surface area contributed by atoms with Crippen LogP contribution in [-0.2, 0) is 15.6 Å². The quantitative estimate of drug-likeness (QED) is 0.587. The molecule has 0 N–H and O–H groups in total. The highest BCUT2D eigenvalue weighted by atomic mass is 35.5. The first-order chi connectivity index (χ1) is 13.3. The van der Waals surface area contributed by atoms with Crippen LogP contribution in [0.3, 0.4) is 0 Å². The molecular formula is C19H17Cl2NO5S. The summed E-state index contributed by atoms with van der Waals surface area (Å²) in [4.78, 5) is -0.441. The molecule has 0 atom stereocenters. The number of ether oxygens (including phenoxy) is 3. The summed E-state index contributed by atoms with van der Waals surface area (Å²) in [6.45, 7) is 0. The molecule has 2 aromatic carbocycles. The lowest BCUT2D eigenvalue weighted by molar-refractivity contribution is 0.324. The fourth-order valence-electron chi connectivity index (χ4n) is 2.49. The van der Waals surface area contributed by atoms with Crippen molar-refractivity contribution in [3.05, 3.63) is 56.4 Å². The molecule has 0 amide bonds. The van der Waals surface area contributed by atoms with Crippen molar-refractivity contribution in [2.75, 3.05) is 21.3 Å². The van der Waals surface area contributed by atoms with E-state index in [0.717, 1.165) is 0 Å². The number of benzene rings is 2. The van der Waals surface area contributed by atoms with Gasteiger partial charge in [0.15, 0.2) is 21.3 Å². The van der Waals surface area contributed by atoms with Gasteiger partial charge in [0, 0.05) is 15.6 Å². The molecule has 2 aromatic rings. The largest absolute Gasteiger partial charge is 0.493 e. The maximum absolute atomic E-state index is 12.8. The van der Waals surface area contributed by atoms with Crippen molar-refractivity contribution in [2.24, 2.45) is 0 Å². The third-order valence-corrected chi connectivity index (χ3v) is 5.98. The summed E-state index contributed by atoms with van der Waals surface area (Å²) < 4.78 is 41.4. The summed E-state index contributed by atoms with van der Waals surface area (Å²) in [5, 5.41) is 10.0. The monoisotopic (exact) mass is 441 g/mol. The summed E-state index contributed by atoms with van der Waals surface area (Å²) >= 11 is 11.9. The van der Waals surface area contributed by atoms with Crippen LogP contribution in [0, 0.1) is 11.3 Å². The normalized spacial score (nSPS) is 11.6. The molecule has 148 valence electrons. The number of hydrogen-bond donors (Lipinski definition) is 0. The minimum atomic E-state index is -3.97. The SMILES string of the molecule is COc1ccc(C=C(C#N)S(=O)(=O)Cc2ccc(Cl)cc2Cl)c(OC)c1OC. The highest BCUT2D eigenvalue weighted by molar-refractivity contribution is 7.95. The number of nitrogens with zero attached hydrogens (tertiary/aromatic N) is 1. The highest BCUT2D eigenvalue weighted by Gasteiger charge is 2.22. The van der Waals surface area contributed by atoms with E-state index in [9.17, 15) is 13.7 Å². The molecule has 0 heterocycles. The first kappa shape index (κ1) is 21.9. The molecular weight excluding hydrogens is 425 g/mol. The van der Waals surface area contributed by atoms with Crippen LogP contribution < -0.4 is 14.2 Å². The minimum absolute atomic E-state index is 0.206. The Morgan fingerprint density at radius 3 is 2.29 bits per heavy atom. The van der Waals surface area contributed by atoms with E-state index >= 15 is 0 Å². The molecule has 0 bridgehead atoms. The second kappa shape index (κ2) is 9.20. The average Bonchev–Trinajstić information content (AvgIpc) is 2.67. The molecule has 0 saturated carbocycles. The van der Waals surface area contributed by atoms with Gasteiger partial charge in [-0.25, -0.2) is 8.42 Å². The Labute approximate surface area is 173 Å². The number of sulfone groups is 1. The summed E-state index contributed by atoms with van der Waals surface area (Å²) in [5.74, 6) is 0.493. The Kier molecular flexibility index (Phi) is 7.19. The lowest BCUT2D eigenvalue weighted by Crippen LogP contribution is -2.07. The van der Waals surface area contributed by atoms with Gasteiger partial charge in [-0.1, -0.05) is 29.3 Å². The predicted molar refractivity (Wildman–Crippen MR) is 109 cm³/mol. The number of methoxy groups -OCH3 is 3. The van der Waals surface area contributed by atoms with Crippen LogP contribution >= 0.6 is 23.2 Å². The van der Waals surface area contributed by atoms with Crippen molar-refractivity contribution < 1.29 is 22.6 Å². The Bertz CT molecular complexity index is 1060. The van der Waals surface area contributed by atoms with E-state index in [1.165, 1.54) is 45.6 Å². The zero-order chi connectivity index (χ0) is 20.9. The molecule has 0 unspecified atom stereocenters. The van der Waals surface area contributed by atoms with E-state index in [2.05, 4.69) is 0 Å². The van der Waals surface area contributed by atoms with Gasteiger partial charge in [0.1, 0.15) is 11.0 Å². The molecule has 0 aliphatic rings. The van der Waals surface area contributed by atoms with Crippen molar-refractivity contribution >= 4 is 39.1 Å². The molecule has 0 radical (unpaired) electrons. The zero-order valence-corrected chi connectivity index (χ0v) is 17.7. The van der Waals surface area contributed by atoms with Crippen LogP contribution in [0.15, 0.2) is 35.2 Å². The smallest absolute Gasteiger partial charge is 0.203 e. The standard InChI is InChI=1S/C19H17Cl2NO5S/c1-25-17-7-5-12(18(26-2)19(17)27-3)8-15(10-22)28(23,24)11-13-4-6-14(20)9-16(13)21/h4-9H,11H2,1-3H3. The van der Waals surface area contributed by atoms with Gasteiger partial charge in [-0.2, -0.15) is 5.26 Å². The Hall–Kier alpha value is -2.40. The van der Waals surface area contributed by atoms with Crippen LogP contribution in [0.5, 0.6) is 17.2 Å². The van der Waals surface area contributed by atoms with Gasteiger partial charge >= 0.3 is 0 Å². The number of halogens is 2. The molecule has 0 saturated heterocycles. The second-order valence-corrected chi connectivity index (χ2v) is 8.34. The van der Waals surface area contributed by atoms with E-state index in [4.69, 9.17) is 37.4 Å². The van der Waals surface area contributed by atoms with Crippen LogP contribution in [0.25, 0.3) is 6.08 Å². The van der Waals surface area contributed by atoms with E-state index in [1.807, 2.05) is 0 Å². The van der Waals surface area contributed by atoms with Gasteiger partial charge in [0.2, 0.25) is 5.75 Å². The highest BCUT2D eigenvalue weighted by Crippen LogP contribution is 2.41. The number of rotatable bonds is 7. The van der Waals surface area contributed by atoms with E-state index in [1.54, 1.807) is 18.2 Å². The molecule has 2 rings (SSSR count). The van der Waals surface area contributed by atoms with Crippen molar-refractivity contribution in [2.45, 2.75) is 5.75 Å². The third-order valence-electron chi connectivity index (χ3n) is 3.83. The molecule has 9 heteroatoms. The number of hydrogen-bond acceptors (Lipinski definition) is 6. The molecule has 0 aliphatic carbocycles. The number of allylic oxidation sites excluding steroid dienone is 1. The molecule has 0 aromatic heterocycles. The third kappa shape index (κ3) is 4.71. The summed E-state index contributed by atoms with van der Waals surface area (Å²) in [6.07, 6.45) is 1.22. The van der Waals surface area contributed by atoms with Crippen LogP contribution in [0.4, 0.5) is 0 Å².